The number of benzene rings is 1. The van der Waals surface area contributed by atoms with Crippen LogP contribution < -0.4 is 5.43 Å². The van der Waals surface area contributed by atoms with Gasteiger partial charge in [-0.25, -0.2) is 5.43 Å². The lowest BCUT2D eigenvalue weighted by Gasteiger charge is -2.14. The summed E-state index contributed by atoms with van der Waals surface area (Å²) in [6.45, 7) is 0. The fraction of sp³-hybridized carbons (Fsp3) is 0.167. The highest BCUT2D eigenvalue weighted by atomic mass is 16.2. The Hall–Kier alpha value is -2.95. The molecule has 2 aromatic heterocycles. The first-order valence-corrected chi connectivity index (χ1v) is 7.70. The molecule has 1 aliphatic carbocycles. The van der Waals surface area contributed by atoms with Gasteiger partial charge in [-0.2, -0.15) is 5.10 Å². The number of carbonyl (C=O) groups is 1. The largest absolute Gasteiger partial charge is 0.353 e. The monoisotopic (exact) mass is 304 g/mol. The molecule has 0 atom stereocenters. The van der Waals surface area contributed by atoms with Crippen molar-refractivity contribution in [1.82, 2.24) is 15.4 Å². The average molecular weight is 304 g/mol. The van der Waals surface area contributed by atoms with Crippen LogP contribution in [-0.4, -0.2) is 21.6 Å². The van der Waals surface area contributed by atoms with Gasteiger partial charge in [0.05, 0.1) is 11.4 Å². The molecule has 0 fully saturated rings. The molecular weight excluding hydrogens is 288 g/mol. The van der Waals surface area contributed by atoms with E-state index in [1.165, 1.54) is 10.9 Å². The van der Waals surface area contributed by atoms with E-state index < -0.39 is 0 Å². The molecule has 114 valence electrons. The lowest BCUT2D eigenvalue weighted by molar-refractivity contribution is 0.0954. The van der Waals surface area contributed by atoms with Gasteiger partial charge < -0.3 is 4.98 Å². The third-order valence-electron chi connectivity index (χ3n) is 4.18. The number of carbonyl (C=O) groups excluding carboxylic acids is 1. The van der Waals surface area contributed by atoms with Gasteiger partial charge in [-0.05, 0) is 43.0 Å². The predicted molar refractivity (Wildman–Crippen MR) is 89.5 cm³/mol. The van der Waals surface area contributed by atoms with Crippen LogP contribution in [-0.2, 0) is 6.42 Å². The number of pyridine rings is 1. The summed E-state index contributed by atoms with van der Waals surface area (Å²) in [4.78, 5) is 19.5. The van der Waals surface area contributed by atoms with Crippen molar-refractivity contribution < 1.29 is 4.79 Å². The minimum atomic E-state index is -0.219. The molecule has 1 amide bonds. The Bertz CT molecular complexity index is 896. The molecule has 3 aromatic rings. The second-order valence-corrected chi connectivity index (χ2v) is 5.61. The van der Waals surface area contributed by atoms with E-state index in [9.17, 15) is 4.79 Å². The number of hydrogen-bond acceptors (Lipinski definition) is 3. The summed E-state index contributed by atoms with van der Waals surface area (Å²) in [7, 11) is 0. The zero-order valence-corrected chi connectivity index (χ0v) is 12.5. The minimum Gasteiger partial charge on any atom is -0.353 e. The SMILES string of the molecule is O=C(N/N=C1\CCCc2c1[nH]c1ccccc21)c1ccncc1. The van der Waals surface area contributed by atoms with E-state index >= 15 is 0 Å². The van der Waals surface area contributed by atoms with Crippen molar-refractivity contribution >= 4 is 22.5 Å². The van der Waals surface area contributed by atoms with Gasteiger partial charge in [-0.15, -0.1) is 0 Å². The molecule has 0 spiro atoms. The van der Waals surface area contributed by atoms with E-state index in [0.717, 1.165) is 36.2 Å². The predicted octanol–water partition coefficient (Wildman–Crippen LogP) is 3.03. The molecule has 23 heavy (non-hydrogen) atoms. The maximum absolute atomic E-state index is 12.1. The summed E-state index contributed by atoms with van der Waals surface area (Å²) in [5, 5.41) is 5.61. The fourth-order valence-corrected chi connectivity index (χ4v) is 3.06. The van der Waals surface area contributed by atoms with Gasteiger partial charge in [0.15, 0.2) is 0 Å². The van der Waals surface area contributed by atoms with Crippen LogP contribution in [0.2, 0.25) is 0 Å². The summed E-state index contributed by atoms with van der Waals surface area (Å²) in [6.07, 6.45) is 6.13. The van der Waals surface area contributed by atoms with Gasteiger partial charge >= 0.3 is 0 Å². The van der Waals surface area contributed by atoms with Gasteiger partial charge in [0.1, 0.15) is 0 Å². The van der Waals surface area contributed by atoms with Crippen molar-refractivity contribution in [3.05, 3.63) is 65.6 Å². The summed E-state index contributed by atoms with van der Waals surface area (Å²) in [6, 6.07) is 11.6. The molecule has 5 nitrogen and oxygen atoms in total. The third-order valence-corrected chi connectivity index (χ3v) is 4.18. The Morgan fingerprint density at radius 3 is 2.83 bits per heavy atom. The van der Waals surface area contributed by atoms with E-state index in [0.29, 0.717) is 5.56 Å². The van der Waals surface area contributed by atoms with Crippen molar-refractivity contribution in [1.29, 1.82) is 0 Å². The standard InChI is InChI=1S/C18H16N4O/c23-18(12-8-10-19-11-9-12)22-21-16-7-3-5-14-13-4-1-2-6-15(13)20-17(14)16/h1-2,4,6,8-11,20H,3,5,7H2,(H,22,23)/b21-16+. The van der Waals surface area contributed by atoms with Crippen LogP contribution in [0.25, 0.3) is 10.9 Å². The van der Waals surface area contributed by atoms with Gasteiger partial charge in [-0.3, -0.25) is 9.78 Å². The van der Waals surface area contributed by atoms with Crippen molar-refractivity contribution in [3.63, 3.8) is 0 Å². The number of rotatable bonds is 2. The molecule has 0 saturated carbocycles. The molecule has 0 unspecified atom stereocenters. The number of hydrogen-bond donors (Lipinski definition) is 2. The highest BCUT2D eigenvalue weighted by Gasteiger charge is 2.20. The minimum absolute atomic E-state index is 0.219. The Morgan fingerprint density at radius 2 is 1.96 bits per heavy atom. The topological polar surface area (TPSA) is 70.1 Å². The smallest absolute Gasteiger partial charge is 0.271 e. The van der Waals surface area contributed by atoms with Crippen molar-refractivity contribution in [2.75, 3.05) is 0 Å². The van der Waals surface area contributed by atoms with Crippen molar-refractivity contribution in [2.24, 2.45) is 5.10 Å². The normalized spacial score (nSPS) is 15.6. The van der Waals surface area contributed by atoms with Gasteiger partial charge in [-0.1, -0.05) is 18.2 Å². The maximum Gasteiger partial charge on any atom is 0.271 e. The van der Waals surface area contributed by atoms with E-state index in [-0.39, 0.29) is 5.91 Å². The van der Waals surface area contributed by atoms with Crippen LogP contribution in [0.1, 0.15) is 34.5 Å². The molecular formula is C18H16N4O. The number of nitrogens with zero attached hydrogens (tertiary/aromatic N) is 2. The molecule has 4 rings (SSSR count). The quantitative estimate of drug-likeness (QED) is 0.714. The zero-order chi connectivity index (χ0) is 15.6. The molecule has 0 bridgehead atoms. The highest BCUT2D eigenvalue weighted by molar-refractivity contribution is 6.07. The highest BCUT2D eigenvalue weighted by Crippen LogP contribution is 2.29. The van der Waals surface area contributed by atoms with E-state index in [2.05, 4.69) is 32.6 Å². The number of aryl methyl sites for hydroxylation is 1. The Labute approximate surface area is 133 Å². The summed E-state index contributed by atoms with van der Waals surface area (Å²) in [5.41, 5.74) is 7.58. The number of aromatic nitrogens is 2. The summed E-state index contributed by atoms with van der Waals surface area (Å²) < 4.78 is 0. The fourth-order valence-electron chi connectivity index (χ4n) is 3.06. The number of H-pyrrole nitrogens is 1. The van der Waals surface area contributed by atoms with Crippen LogP contribution in [0.3, 0.4) is 0 Å². The third kappa shape index (κ3) is 2.50. The Balaban J connectivity index is 1.65. The summed E-state index contributed by atoms with van der Waals surface area (Å²) >= 11 is 0. The van der Waals surface area contributed by atoms with Crippen LogP contribution in [0.5, 0.6) is 0 Å². The van der Waals surface area contributed by atoms with Crippen LogP contribution in [0, 0.1) is 0 Å². The van der Waals surface area contributed by atoms with Crippen molar-refractivity contribution in [2.45, 2.75) is 19.3 Å². The van der Waals surface area contributed by atoms with Crippen molar-refractivity contribution in [3.8, 4) is 0 Å². The first-order chi connectivity index (χ1) is 11.3. The molecule has 1 aliphatic rings. The molecule has 2 N–H and O–H groups in total. The molecule has 0 radical (unpaired) electrons. The number of nitrogens with one attached hydrogen (secondary N) is 2. The van der Waals surface area contributed by atoms with Gasteiger partial charge in [0, 0.05) is 28.9 Å². The van der Waals surface area contributed by atoms with Crippen LogP contribution in [0.4, 0.5) is 0 Å². The molecule has 1 aromatic carbocycles. The number of aromatic amines is 1. The van der Waals surface area contributed by atoms with E-state index in [4.69, 9.17) is 0 Å². The zero-order valence-electron chi connectivity index (χ0n) is 12.5. The molecule has 5 heteroatoms. The second-order valence-electron chi connectivity index (χ2n) is 5.61. The summed E-state index contributed by atoms with van der Waals surface area (Å²) in [5.74, 6) is -0.219. The van der Waals surface area contributed by atoms with Gasteiger partial charge in [0.25, 0.3) is 5.91 Å². The number of fused-ring (bicyclic) bond motifs is 3. The Morgan fingerprint density at radius 1 is 1.13 bits per heavy atom. The van der Waals surface area contributed by atoms with E-state index in [1.807, 2.05) is 12.1 Å². The van der Waals surface area contributed by atoms with Gasteiger partial charge in [0.2, 0.25) is 0 Å². The number of para-hydroxylation sites is 1. The average Bonchev–Trinajstić information content (AvgIpc) is 3.00. The molecule has 0 aliphatic heterocycles. The lowest BCUT2D eigenvalue weighted by Crippen LogP contribution is -2.22. The van der Waals surface area contributed by atoms with E-state index in [1.54, 1.807) is 24.5 Å². The first kappa shape index (κ1) is 13.7. The Kier molecular flexibility index (Phi) is 3.38. The van der Waals surface area contributed by atoms with Crippen LogP contribution >= 0.6 is 0 Å². The number of hydrazone groups is 1. The number of amides is 1. The maximum atomic E-state index is 12.1. The lowest BCUT2D eigenvalue weighted by atomic mass is 9.94. The molecule has 0 saturated heterocycles. The van der Waals surface area contributed by atoms with Crippen LogP contribution in [0.15, 0.2) is 53.9 Å². The molecule has 2 heterocycles. The second kappa shape index (κ2) is 5.68. The first-order valence-electron chi connectivity index (χ1n) is 7.70.